The number of para-hydroxylation sites is 2. The average Bonchev–Trinajstić information content (AvgIpc) is 2.65. The summed E-state index contributed by atoms with van der Waals surface area (Å²) < 4.78 is 27.3. The third-order valence-electron chi connectivity index (χ3n) is 3.50. The van der Waals surface area contributed by atoms with Gasteiger partial charge < -0.3 is 10.6 Å². The zero-order valence-corrected chi connectivity index (χ0v) is 13.4. The van der Waals surface area contributed by atoms with E-state index in [-0.39, 0.29) is 11.1 Å². The van der Waals surface area contributed by atoms with Crippen LogP contribution in [-0.2, 0) is 0 Å². The molecular formula is C19H13F2N3O2. The van der Waals surface area contributed by atoms with Crippen LogP contribution in [0.1, 0.15) is 20.7 Å². The fourth-order valence-corrected chi connectivity index (χ4v) is 2.22. The molecule has 5 nitrogen and oxygen atoms in total. The lowest BCUT2D eigenvalue weighted by Crippen LogP contribution is -2.17. The zero-order valence-electron chi connectivity index (χ0n) is 13.4. The molecule has 0 saturated carbocycles. The summed E-state index contributed by atoms with van der Waals surface area (Å²) in [6.45, 7) is 0. The van der Waals surface area contributed by atoms with Crippen LogP contribution in [0.4, 0.5) is 20.2 Å². The van der Waals surface area contributed by atoms with E-state index >= 15 is 0 Å². The Bertz CT molecular complexity index is 942. The van der Waals surface area contributed by atoms with Crippen LogP contribution < -0.4 is 10.6 Å². The predicted octanol–water partition coefficient (Wildman–Crippen LogP) is 3.86. The minimum absolute atomic E-state index is 0.00614. The van der Waals surface area contributed by atoms with Crippen molar-refractivity contribution in [1.29, 1.82) is 0 Å². The largest absolute Gasteiger partial charge is 0.322 e. The molecule has 3 aromatic rings. The van der Waals surface area contributed by atoms with E-state index in [1.54, 1.807) is 24.3 Å². The molecule has 0 spiro atoms. The third kappa shape index (κ3) is 3.89. The zero-order chi connectivity index (χ0) is 18.5. The van der Waals surface area contributed by atoms with Gasteiger partial charge in [0.05, 0.1) is 11.1 Å². The van der Waals surface area contributed by atoms with Crippen molar-refractivity contribution in [2.24, 2.45) is 0 Å². The van der Waals surface area contributed by atoms with Crippen molar-refractivity contribution >= 4 is 23.2 Å². The summed E-state index contributed by atoms with van der Waals surface area (Å²) in [7, 11) is 0. The second-order valence-corrected chi connectivity index (χ2v) is 5.33. The van der Waals surface area contributed by atoms with Gasteiger partial charge in [0.25, 0.3) is 11.8 Å². The number of hydrogen-bond donors (Lipinski definition) is 2. The fraction of sp³-hybridized carbons (Fsp3) is 0. The summed E-state index contributed by atoms with van der Waals surface area (Å²) in [6.07, 6.45) is 2.49. The van der Waals surface area contributed by atoms with Gasteiger partial charge in [0.2, 0.25) is 0 Å². The van der Waals surface area contributed by atoms with Crippen LogP contribution in [0.15, 0.2) is 67.0 Å². The SMILES string of the molecule is O=C(Nc1ccccc1)c1cncc(C(=O)Nc2c(F)cccc2F)c1. The number of nitrogens with one attached hydrogen (secondary N) is 2. The molecular weight excluding hydrogens is 340 g/mol. The Kier molecular flexibility index (Phi) is 4.98. The molecule has 1 heterocycles. The molecule has 0 aliphatic heterocycles. The summed E-state index contributed by atoms with van der Waals surface area (Å²) >= 11 is 0. The summed E-state index contributed by atoms with van der Waals surface area (Å²) in [5, 5.41) is 4.81. The Morgan fingerprint density at radius 3 is 1.96 bits per heavy atom. The van der Waals surface area contributed by atoms with Crippen LogP contribution >= 0.6 is 0 Å². The van der Waals surface area contributed by atoms with E-state index in [0.29, 0.717) is 5.69 Å². The maximum atomic E-state index is 13.6. The van der Waals surface area contributed by atoms with Gasteiger partial charge in [0.1, 0.15) is 17.3 Å². The van der Waals surface area contributed by atoms with Crippen molar-refractivity contribution in [3.8, 4) is 0 Å². The van der Waals surface area contributed by atoms with E-state index in [4.69, 9.17) is 0 Å². The normalized spacial score (nSPS) is 10.2. The Hall–Kier alpha value is -3.61. The molecule has 0 radical (unpaired) electrons. The van der Waals surface area contributed by atoms with Crippen LogP contribution in [0.25, 0.3) is 0 Å². The van der Waals surface area contributed by atoms with E-state index in [0.717, 1.165) is 12.1 Å². The molecule has 130 valence electrons. The minimum atomic E-state index is -0.899. The summed E-state index contributed by atoms with van der Waals surface area (Å²) in [6, 6.07) is 13.3. The number of hydrogen-bond acceptors (Lipinski definition) is 3. The summed E-state index contributed by atoms with van der Waals surface area (Å²) in [5.41, 5.74) is 0.154. The number of benzene rings is 2. The van der Waals surface area contributed by atoms with Crippen LogP contribution in [0.3, 0.4) is 0 Å². The molecule has 0 aliphatic carbocycles. The monoisotopic (exact) mass is 353 g/mol. The van der Waals surface area contributed by atoms with Gasteiger partial charge in [-0.2, -0.15) is 0 Å². The van der Waals surface area contributed by atoms with Crippen molar-refractivity contribution in [3.63, 3.8) is 0 Å². The Morgan fingerprint density at radius 1 is 0.769 bits per heavy atom. The summed E-state index contributed by atoms with van der Waals surface area (Å²) in [5.74, 6) is -3.04. The van der Waals surface area contributed by atoms with Crippen molar-refractivity contribution in [1.82, 2.24) is 4.98 Å². The molecule has 2 N–H and O–H groups in total. The average molecular weight is 353 g/mol. The smallest absolute Gasteiger partial charge is 0.257 e. The minimum Gasteiger partial charge on any atom is -0.322 e. The maximum absolute atomic E-state index is 13.6. The molecule has 2 aromatic carbocycles. The van der Waals surface area contributed by atoms with Gasteiger partial charge in [-0.1, -0.05) is 24.3 Å². The Labute approximate surface area is 147 Å². The molecule has 26 heavy (non-hydrogen) atoms. The number of carbonyl (C=O) groups is 2. The lowest BCUT2D eigenvalue weighted by Gasteiger charge is -2.09. The van der Waals surface area contributed by atoms with Gasteiger partial charge in [0.15, 0.2) is 0 Å². The first-order valence-corrected chi connectivity index (χ1v) is 7.61. The highest BCUT2D eigenvalue weighted by molar-refractivity contribution is 6.08. The highest BCUT2D eigenvalue weighted by Gasteiger charge is 2.15. The van der Waals surface area contributed by atoms with E-state index in [2.05, 4.69) is 15.6 Å². The van der Waals surface area contributed by atoms with Gasteiger partial charge >= 0.3 is 0 Å². The molecule has 0 fully saturated rings. The molecule has 0 bridgehead atoms. The topological polar surface area (TPSA) is 71.1 Å². The number of rotatable bonds is 4. The molecule has 0 unspecified atom stereocenters. The second kappa shape index (κ2) is 7.52. The number of amides is 2. The lowest BCUT2D eigenvalue weighted by molar-refractivity contribution is 0.102. The first-order valence-electron chi connectivity index (χ1n) is 7.61. The van der Waals surface area contributed by atoms with Gasteiger partial charge in [-0.05, 0) is 30.3 Å². The van der Waals surface area contributed by atoms with Crippen LogP contribution in [0.2, 0.25) is 0 Å². The Morgan fingerprint density at radius 2 is 1.35 bits per heavy atom. The first-order chi connectivity index (χ1) is 12.5. The molecule has 0 atom stereocenters. The van der Waals surface area contributed by atoms with Crippen molar-refractivity contribution in [2.45, 2.75) is 0 Å². The van der Waals surface area contributed by atoms with E-state index in [1.165, 1.54) is 24.5 Å². The van der Waals surface area contributed by atoms with Crippen molar-refractivity contribution < 1.29 is 18.4 Å². The standard InChI is InChI=1S/C19H13F2N3O2/c20-15-7-4-8-16(21)17(15)24-19(26)13-9-12(10-22-11-13)18(25)23-14-5-2-1-3-6-14/h1-11H,(H,23,25)(H,24,26). The number of halogens is 2. The fourth-order valence-electron chi connectivity index (χ4n) is 2.22. The number of pyridine rings is 1. The van der Waals surface area contributed by atoms with Crippen LogP contribution in [-0.4, -0.2) is 16.8 Å². The third-order valence-corrected chi connectivity index (χ3v) is 3.50. The molecule has 2 amide bonds. The molecule has 0 saturated heterocycles. The number of carbonyl (C=O) groups excluding carboxylic acids is 2. The van der Waals surface area contributed by atoms with Gasteiger partial charge in [-0.3, -0.25) is 14.6 Å². The van der Waals surface area contributed by atoms with Gasteiger partial charge in [-0.15, -0.1) is 0 Å². The van der Waals surface area contributed by atoms with E-state index in [9.17, 15) is 18.4 Å². The van der Waals surface area contributed by atoms with E-state index in [1.807, 2.05) is 6.07 Å². The van der Waals surface area contributed by atoms with Gasteiger partial charge in [-0.25, -0.2) is 8.78 Å². The molecule has 7 heteroatoms. The van der Waals surface area contributed by atoms with Crippen LogP contribution in [0.5, 0.6) is 0 Å². The van der Waals surface area contributed by atoms with E-state index < -0.39 is 29.1 Å². The Balaban J connectivity index is 1.78. The highest BCUT2D eigenvalue weighted by atomic mass is 19.1. The summed E-state index contributed by atoms with van der Waals surface area (Å²) in [4.78, 5) is 28.3. The van der Waals surface area contributed by atoms with Crippen molar-refractivity contribution in [2.75, 3.05) is 10.6 Å². The quantitative estimate of drug-likeness (QED) is 0.748. The molecule has 3 rings (SSSR count). The molecule has 0 aliphatic rings. The van der Waals surface area contributed by atoms with Crippen molar-refractivity contribution in [3.05, 3.63) is 89.8 Å². The number of anilines is 2. The molecule has 1 aromatic heterocycles. The lowest BCUT2D eigenvalue weighted by atomic mass is 10.1. The number of aromatic nitrogens is 1. The van der Waals surface area contributed by atoms with Gasteiger partial charge in [0, 0.05) is 18.1 Å². The van der Waals surface area contributed by atoms with Crippen LogP contribution in [0, 0.1) is 11.6 Å². The predicted molar refractivity (Wildman–Crippen MR) is 92.9 cm³/mol. The number of nitrogens with zero attached hydrogens (tertiary/aromatic N) is 1. The second-order valence-electron chi connectivity index (χ2n) is 5.33. The first kappa shape index (κ1) is 17.2. The maximum Gasteiger partial charge on any atom is 0.257 e. The highest BCUT2D eigenvalue weighted by Crippen LogP contribution is 2.19.